The van der Waals surface area contributed by atoms with Gasteiger partial charge in [0.1, 0.15) is 18.0 Å². The van der Waals surface area contributed by atoms with Crippen molar-refractivity contribution >= 4 is 17.6 Å². The number of hydrogen-bond acceptors (Lipinski definition) is 4. The Morgan fingerprint density at radius 3 is 1.83 bits per heavy atom. The minimum absolute atomic E-state index is 0.0207. The third-order valence-electron chi connectivity index (χ3n) is 5.12. The van der Waals surface area contributed by atoms with E-state index in [1.54, 1.807) is 12.1 Å². The molecule has 1 amide bonds. The molecule has 0 aliphatic carbocycles. The quantitative estimate of drug-likeness (QED) is 0.183. The Bertz CT molecular complexity index is 1240. The van der Waals surface area contributed by atoms with E-state index < -0.39 is 53.3 Å². The van der Waals surface area contributed by atoms with Crippen molar-refractivity contribution in [3.05, 3.63) is 94.3 Å². The third kappa shape index (κ3) is 6.18. The second kappa shape index (κ2) is 10.8. The third-order valence-corrected chi connectivity index (χ3v) is 5.12. The highest BCUT2D eigenvalue weighted by Gasteiger charge is 2.27. The molecule has 0 atom stereocenters. The fourth-order valence-electron chi connectivity index (χ4n) is 3.06. The van der Waals surface area contributed by atoms with Gasteiger partial charge in [-0.3, -0.25) is 4.79 Å². The topological polar surface area (TPSA) is 64.6 Å². The molecule has 0 saturated carbocycles. The Labute approximate surface area is 203 Å². The lowest BCUT2D eigenvalue weighted by Crippen LogP contribution is -2.23. The zero-order chi connectivity index (χ0) is 26.6. The molecule has 1 N–H and O–H groups in total. The predicted molar refractivity (Wildman–Crippen MR) is 121 cm³/mol. The van der Waals surface area contributed by atoms with E-state index in [9.17, 15) is 31.5 Å². The minimum Gasteiger partial charge on any atom is -0.489 e. The maximum absolute atomic E-state index is 13.6. The van der Waals surface area contributed by atoms with Gasteiger partial charge in [0.15, 0.2) is 29.9 Å². The number of anilines is 1. The molecule has 10 heteroatoms. The molecule has 0 aromatic heterocycles. The summed E-state index contributed by atoms with van der Waals surface area (Å²) in [5.74, 6) is -12.8. The highest BCUT2D eigenvalue weighted by molar-refractivity contribution is 5.95. The van der Waals surface area contributed by atoms with Gasteiger partial charge < -0.3 is 14.8 Å². The van der Waals surface area contributed by atoms with E-state index in [4.69, 9.17) is 9.47 Å². The number of rotatable bonds is 7. The lowest BCUT2D eigenvalue weighted by molar-refractivity contribution is -0.119. The van der Waals surface area contributed by atoms with Gasteiger partial charge in [-0.25, -0.2) is 26.7 Å². The fourth-order valence-corrected chi connectivity index (χ4v) is 3.06. The molecule has 0 aliphatic rings. The molecule has 5 nitrogen and oxygen atoms in total. The summed E-state index contributed by atoms with van der Waals surface area (Å²) < 4.78 is 77.3. The Morgan fingerprint density at radius 2 is 1.31 bits per heavy atom. The average molecular weight is 507 g/mol. The molecule has 0 unspecified atom stereocenters. The standard InChI is InChI=1S/C26H22F5NO4/c1-26(2,3)16-8-10-17(11-9-16)35-12-14-4-6-15(7-5-14)25(34)36-13-18(33)32-24-22(30)20(28)19(27)21(29)23(24)31/h4-11H,12-13H2,1-3H3,(H,32,33). The van der Waals surface area contributed by atoms with Crippen molar-refractivity contribution in [1.82, 2.24) is 0 Å². The van der Waals surface area contributed by atoms with Gasteiger partial charge in [0.2, 0.25) is 5.82 Å². The van der Waals surface area contributed by atoms with Crippen LogP contribution in [0.3, 0.4) is 0 Å². The van der Waals surface area contributed by atoms with Crippen molar-refractivity contribution in [2.45, 2.75) is 32.8 Å². The molecule has 0 fully saturated rings. The SMILES string of the molecule is CC(C)(C)c1ccc(OCc2ccc(C(=O)OCC(=O)Nc3c(F)c(F)c(F)c(F)c3F)cc2)cc1. The molecule has 0 heterocycles. The number of esters is 1. The van der Waals surface area contributed by atoms with E-state index in [-0.39, 0.29) is 17.6 Å². The monoisotopic (exact) mass is 507 g/mol. The minimum atomic E-state index is -2.36. The molecule has 0 aliphatic heterocycles. The van der Waals surface area contributed by atoms with Gasteiger partial charge in [0, 0.05) is 0 Å². The molecule has 0 radical (unpaired) electrons. The number of carbonyl (C=O) groups is 2. The summed E-state index contributed by atoms with van der Waals surface area (Å²) in [6, 6.07) is 13.8. The summed E-state index contributed by atoms with van der Waals surface area (Å²) in [5.41, 5.74) is 0.462. The molecule has 0 bridgehead atoms. The average Bonchev–Trinajstić information content (AvgIpc) is 2.86. The second-order valence-corrected chi connectivity index (χ2v) is 8.83. The van der Waals surface area contributed by atoms with Crippen LogP contribution in [0.2, 0.25) is 0 Å². The summed E-state index contributed by atoms with van der Waals surface area (Å²) in [6.45, 7) is 5.53. The first-order chi connectivity index (χ1) is 16.9. The van der Waals surface area contributed by atoms with E-state index in [1.165, 1.54) is 23.0 Å². The van der Waals surface area contributed by atoms with Gasteiger partial charge in [0.25, 0.3) is 5.91 Å². The number of halogens is 5. The largest absolute Gasteiger partial charge is 0.489 e. The molecule has 0 saturated heterocycles. The number of nitrogens with one attached hydrogen (secondary N) is 1. The zero-order valence-electron chi connectivity index (χ0n) is 19.6. The van der Waals surface area contributed by atoms with Crippen LogP contribution in [0.15, 0.2) is 48.5 Å². The Morgan fingerprint density at radius 1 is 0.778 bits per heavy atom. The zero-order valence-corrected chi connectivity index (χ0v) is 19.6. The molecule has 3 rings (SSSR count). The van der Waals surface area contributed by atoms with Crippen molar-refractivity contribution in [3.63, 3.8) is 0 Å². The van der Waals surface area contributed by atoms with Crippen LogP contribution in [-0.4, -0.2) is 18.5 Å². The predicted octanol–water partition coefficient (Wildman–Crippen LogP) is 6.05. The number of hydrogen-bond donors (Lipinski definition) is 1. The van der Waals surface area contributed by atoms with Crippen LogP contribution in [0.25, 0.3) is 0 Å². The van der Waals surface area contributed by atoms with E-state index in [0.29, 0.717) is 5.75 Å². The maximum Gasteiger partial charge on any atom is 0.338 e. The van der Waals surface area contributed by atoms with Crippen molar-refractivity contribution < 1.29 is 41.0 Å². The van der Waals surface area contributed by atoms with Crippen LogP contribution in [0.5, 0.6) is 5.75 Å². The van der Waals surface area contributed by atoms with Crippen molar-refractivity contribution in [1.29, 1.82) is 0 Å². The van der Waals surface area contributed by atoms with E-state index in [2.05, 4.69) is 20.8 Å². The van der Waals surface area contributed by atoms with Crippen LogP contribution < -0.4 is 10.1 Å². The first-order valence-corrected chi connectivity index (χ1v) is 10.7. The molecule has 3 aromatic carbocycles. The second-order valence-electron chi connectivity index (χ2n) is 8.83. The summed E-state index contributed by atoms with van der Waals surface area (Å²) in [4.78, 5) is 24.0. The van der Waals surface area contributed by atoms with Gasteiger partial charge in [-0.1, -0.05) is 45.0 Å². The molecule has 190 valence electrons. The number of carbonyl (C=O) groups excluding carboxylic acids is 2. The molecule has 36 heavy (non-hydrogen) atoms. The summed E-state index contributed by atoms with van der Waals surface area (Å²) in [7, 11) is 0. The molecular formula is C26H22F5NO4. The number of amides is 1. The van der Waals surface area contributed by atoms with Gasteiger partial charge in [-0.15, -0.1) is 0 Å². The highest BCUT2D eigenvalue weighted by Crippen LogP contribution is 2.27. The van der Waals surface area contributed by atoms with Gasteiger partial charge in [-0.2, -0.15) is 0 Å². The van der Waals surface area contributed by atoms with E-state index in [1.807, 2.05) is 24.3 Å². The van der Waals surface area contributed by atoms with E-state index >= 15 is 0 Å². The Hall–Kier alpha value is -3.95. The normalized spacial score (nSPS) is 11.2. The summed E-state index contributed by atoms with van der Waals surface area (Å²) in [6.07, 6.45) is 0. The molecule has 0 spiro atoms. The Kier molecular flexibility index (Phi) is 7.96. The highest BCUT2D eigenvalue weighted by atomic mass is 19.2. The Balaban J connectivity index is 1.53. The first-order valence-electron chi connectivity index (χ1n) is 10.7. The summed E-state index contributed by atoms with van der Waals surface area (Å²) >= 11 is 0. The number of ether oxygens (including phenoxy) is 2. The van der Waals surface area contributed by atoms with Crippen molar-refractivity contribution in [3.8, 4) is 5.75 Å². The van der Waals surface area contributed by atoms with Gasteiger partial charge in [0.05, 0.1) is 5.56 Å². The fraction of sp³-hybridized carbons (Fsp3) is 0.231. The first kappa shape index (κ1) is 26.7. The van der Waals surface area contributed by atoms with Crippen LogP contribution in [0.1, 0.15) is 42.3 Å². The number of benzene rings is 3. The maximum atomic E-state index is 13.6. The van der Waals surface area contributed by atoms with Gasteiger partial charge in [-0.05, 0) is 40.8 Å². The van der Waals surface area contributed by atoms with Gasteiger partial charge >= 0.3 is 5.97 Å². The van der Waals surface area contributed by atoms with Crippen LogP contribution in [0, 0.1) is 29.1 Å². The van der Waals surface area contributed by atoms with Crippen LogP contribution in [0.4, 0.5) is 27.6 Å². The smallest absolute Gasteiger partial charge is 0.338 e. The van der Waals surface area contributed by atoms with E-state index in [0.717, 1.165) is 5.56 Å². The van der Waals surface area contributed by atoms with Crippen LogP contribution in [-0.2, 0) is 21.6 Å². The lowest BCUT2D eigenvalue weighted by Gasteiger charge is -2.19. The molecular weight excluding hydrogens is 485 g/mol. The molecule has 3 aromatic rings. The van der Waals surface area contributed by atoms with Crippen molar-refractivity contribution in [2.24, 2.45) is 0 Å². The lowest BCUT2D eigenvalue weighted by atomic mass is 9.87. The summed E-state index contributed by atoms with van der Waals surface area (Å²) in [5, 5.41) is 1.52. The van der Waals surface area contributed by atoms with Crippen molar-refractivity contribution in [2.75, 3.05) is 11.9 Å². The van der Waals surface area contributed by atoms with Crippen LogP contribution >= 0.6 is 0 Å².